The highest BCUT2D eigenvalue weighted by molar-refractivity contribution is 7.98. The van der Waals surface area contributed by atoms with Gasteiger partial charge in [-0.25, -0.2) is 9.97 Å². The Bertz CT molecular complexity index is 560. The summed E-state index contributed by atoms with van der Waals surface area (Å²) in [5.41, 5.74) is 0.634. The molecular formula is C15H22N4O2S. The summed E-state index contributed by atoms with van der Waals surface area (Å²) in [6.07, 6.45) is 9.12. The molecule has 1 aromatic heterocycles. The molecule has 22 heavy (non-hydrogen) atoms. The van der Waals surface area contributed by atoms with Gasteiger partial charge < -0.3 is 15.7 Å². The Labute approximate surface area is 134 Å². The molecule has 6 nitrogen and oxygen atoms in total. The van der Waals surface area contributed by atoms with E-state index in [2.05, 4.69) is 20.6 Å². The number of carbonyl (C=O) groups is 1. The van der Waals surface area contributed by atoms with E-state index >= 15 is 0 Å². The van der Waals surface area contributed by atoms with Gasteiger partial charge in [0.05, 0.1) is 12.1 Å². The molecule has 3 N–H and O–H groups in total. The summed E-state index contributed by atoms with van der Waals surface area (Å²) in [6.45, 7) is 0.0147. The van der Waals surface area contributed by atoms with Crippen LogP contribution in [0.2, 0.25) is 0 Å². The van der Waals surface area contributed by atoms with Crippen molar-refractivity contribution in [3.63, 3.8) is 0 Å². The van der Waals surface area contributed by atoms with Crippen molar-refractivity contribution in [1.29, 1.82) is 0 Å². The highest BCUT2D eigenvalue weighted by atomic mass is 32.2. The SMILES string of the molecule is CSc1ncc2c(n1)NC(C(=O)NC1(CO)CCCC1)CC2. The van der Waals surface area contributed by atoms with Gasteiger partial charge in [0.25, 0.3) is 0 Å². The molecule has 2 aliphatic rings. The zero-order chi connectivity index (χ0) is 15.6. The van der Waals surface area contributed by atoms with Crippen molar-refractivity contribution in [3.05, 3.63) is 11.8 Å². The second kappa shape index (κ2) is 6.42. The van der Waals surface area contributed by atoms with Gasteiger partial charge in [0, 0.05) is 11.8 Å². The van der Waals surface area contributed by atoms with Gasteiger partial charge in [-0.3, -0.25) is 4.79 Å². The fourth-order valence-electron chi connectivity index (χ4n) is 3.25. The number of thioether (sulfide) groups is 1. The molecule has 0 radical (unpaired) electrons. The van der Waals surface area contributed by atoms with E-state index in [-0.39, 0.29) is 18.6 Å². The number of anilines is 1. The maximum absolute atomic E-state index is 12.5. The van der Waals surface area contributed by atoms with Crippen LogP contribution in [-0.4, -0.2) is 45.4 Å². The second-order valence-electron chi connectivity index (χ2n) is 6.10. The third-order valence-electron chi connectivity index (χ3n) is 4.61. The number of amides is 1. The van der Waals surface area contributed by atoms with E-state index < -0.39 is 5.54 Å². The van der Waals surface area contributed by atoms with Gasteiger partial charge in [-0.1, -0.05) is 24.6 Å². The average molecular weight is 322 g/mol. The van der Waals surface area contributed by atoms with E-state index in [0.717, 1.165) is 49.9 Å². The van der Waals surface area contributed by atoms with E-state index in [1.165, 1.54) is 11.8 Å². The lowest BCUT2D eigenvalue weighted by Crippen LogP contribution is -2.54. The minimum atomic E-state index is -0.421. The van der Waals surface area contributed by atoms with Crippen LogP contribution in [0.5, 0.6) is 0 Å². The molecule has 2 heterocycles. The topological polar surface area (TPSA) is 87.1 Å². The predicted molar refractivity (Wildman–Crippen MR) is 86.0 cm³/mol. The van der Waals surface area contributed by atoms with Crippen LogP contribution in [0.15, 0.2) is 11.4 Å². The minimum Gasteiger partial charge on any atom is -0.394 e. The molecule has 7 heteroatoms. The molecule has 1 unspecified atom stereocenters. The van der Waals surface area contributed by atoms with Gasteiger partial charge in [0.15, 0.2) is 5.16 Å². The Balaban J connectivity index is 1.69. The quantitative estimate of drug-likeness (QED) is 0.573. The smallest absolute Gasteiger partial charge is 0.243 e. The standard InChI is InChI=1S/C15H22N4O2S/c1-22-14-16-8-10-4-5-11(17-12(10)18-14)13(21)19-15(9-20)6-2-3-7-15/h8,11,20H,2-7,9H2,1H3,(H,19,21)(H,16,17,18). The monoisotopic (exact) mass is 322 g/mol. The van der Waals surface area contributed by atoms with E-state index in [1.54, 1.807) is 0 Å². The summed E-state index contributed by atoms with van der Waals surface area (Å²) in [5, 5.41) is 16.6. The Kier molecular flexibility index (Phi) is 4.54. The number of fused-ring (bicyclic) bond motifs is 1. The number of carbonyl (C=O) groups excluding carboxylic acids is 1. The van der Waals surface area contributed by atoms with Crippen molar-refractivity contribution in [2.24, 2.45) is 0 Å². The van der Waals surface area contributed by atoms with Crippen LogP contribution in [0, 0.1) is 0 Å². The molecule has 0 saturated heterocycles. The third kappa shape index (κ3) is 3.05. The molecule has 3 rings (SSSR count). The molecule has 120 valence electrons. The normalized spacial score (nSPS) is 22.7. The zero-order valence-corrected chi connectivity index (χ0v) is 13.6. The molecule has 1 saturated carbocycles. The van der Waals surface area contributed by atoms with E-state index in [4.69, 9.17) is 0 Å². The first kappa shape index (κ1) is 15.6. The fraction of sp³-hybridized carbons (Fsp3) is 0.667. The first-order valence-electron chi connectivity index (χ1n) is 7.75. The molecule has 0 spiro atoms. The van der Waals surface area contributed by atoms with Gasteiger partial charge in [0.2, 0.25) is 5.91 Å². The number of rotatable bonds is 4. The lowest BCUT2D eigenvalue weighted by Gasteiger charge is -2.32. The van der Waals surface area contributed by atoms with E-state index in [1.807, 2.05) is 12.5 Å². The molecule has 1 atom stereocenters. The maximum atomic E-state index is 12.5. The average Bonchev–Trinajstić information content (AvgIpc) is 3.02. The molecular weight excluding hydrogens is 300 g/mol. The Morgan fingerprint density at radius 2 is 2.32 bits per heavy atom. The van der Waals surface area contributed by atoms with Crippen LogP contribution in [0.1, 0.15) is 37.7 Å². The van der Waals surface area contributed by atoms with Gasteiger partial charge in [0.1, 0.15) is 11.9 Å². The number of hydrogen-bond donors (Lipinski definition) is 3. The van der Waals surface area contributed by atoms with E-state index in [9.17, 15) is 9.90 Å². The number of nitrogens with zero attached hydrogens (tertiary/aromatic N) is 2. The van der Waals surface area contributed by atoms with Crippen molar-refractivity contribution in [2.45, 2.75) is 55.3 Å². The Hall–Kier alpha value is -1.34. The van der Waals surface area contributed by atoms with Gasteiger partial charge in [-0.15, -0.1) is 0 Å². The molecule has 1 aromatic rings. The number of aromatic nitrogens is 2. The number of hydrogen-bond acceptors (Lipinski definition) is 6. The predicted octanol–water partition coefficient (Wildman–Crippen LogP) is 1.35. The van der Waals surface area contributed by atoms with Crippen molar-refractivity contribution in [1.82, 2.24) is 15.3 Å². The van der Waals surface area contributed by atoms with Crippen LogP contribution in [0.4, 0.5) is 5.82 Å². The number of nitrogens with one attached hydrogen (secondary N) is 2. The number of aliphatic hydroxyl groups excluding tert-OH is 1. The Morgan fingerprint density at radius 1 is 1.55 bits per heavy atom. The highest BCUT2D eigenvalue weighted by Gasteiger charge is 2.37. The summed E-state index contributed by atoms with van der Waals surface area (Å²) in [6, 6.07) is -0.291. The zero-order valence-electron chi connectivity index (χ0n) is 12.8. The maximum Gasteiger partial charge on any atom is 0.243 e. The van der Waals surface area contributed by atoms with Crippen molar-refractivity contribution in [3.8, 4) is 0 Å². The second-order valence-corrected chi connectivity index (χ2v) is 6.87. The van der Waals surface area contributed by atoms with Crippen molar-refractivity contribution in [2.75, 3.05) is 18.2 Å². The largest absolute Gasteiger partial charge is 0.394 e. The Morgan fingerprint density at radius 3 is 3.00 bits per heavy atom. The molecule has 1 aliphatic carbocycles. The van der Waals surface area contributed by atoms with Crippen LogP contribution in [-0.2, 0) is 11.2 Å². The lowest BCUT2D eigenvalue weighted by molar-refractivity contribution is -0.124. The minimum absolute atomic E-state index is 0.0147. The summed E-state index contributed by atoms with van der Waals surface area (Å²) in [4.78, 5) is 21.3. The fourth-order valence-corrected chi connectivity index (χ4v) is 3.59. The van der Waals surface area contributed by atoms with Gasteiger partial charge >= 0.3 is 0 Å². The van der Waals surface area contributed by atoms with Crippen LogP contribution >= 0.6 is 11.8 Å². The summed E-state index contributed by atoms with van der Waals surface area (Å²) in [7, 11) is 0. The molecule has 1 aliphatic heterocycles. The lowest BCUT2D eigenvalue weighted by atomic mass is 9.96. The van der Waals surface area contributed by atoms with Gasteiger partial charge in [-0.2, -0.15) is 0 Å². The summed E-state index contributed by atoms with van der Waals surface area (Å²) in [5.74, 6) is 0.723. The van der Waals surface area contributed by atoms with Crippen LogP contribution in [0.3, 0.4) is 0 Å². The van der Waals surface area contributed by atoms with Crippen LogP contribution in [0.25, 0.3) is 0 Å². The molecule has 1 fully saturated rings. The highest BCUT2D eigenvalue weighted by Crippen LogP contribution is 2.30. The van der Waals surface area contributed by atoms with Crippen LogP contribution < -0.4 is 10.6 Å². The summed E-state index contributed by atoms with van der Waals surface area (Å²) >= 11 is 1.48. The number of aliphatic hydroxyl groups is 1. The number of aryl methyl sites for hydroxylation is 1. The first-order valence-corrected chi connectivity index (χ1v) is 8.97. The van der Waals surface area contributed by atoms with Gasteiger partial charge in [-0.05, 0) is 31.9 Å². The van der Waals surface area contributed by atoms with Crippen molar-refractivity contribution < 1.29 is 9.90 Å². The summed E-state index contributed by atoms with van der Waals surface area (Å²) < 4.78 is 0. The van der Waals surface area contributed by atoms with Crippen molar-refractivity contribution >= 4 is 23.5 Å². The molecule has 0 aromatic carbocycles. The molecule has 0 bridgehead atoms. The van der Waals surface area contributed by atoms with E-state index in [0.29, 0.717) is 5.16 Å². The third-order valence-corrected chi connectivity index (χ3v) is 5.17. The first-order chi connectivity index (χ1) is 10.7. The molecule has 1 amide bonds.